The third kappa shape index (κ3) is 5.89. The molecule has 0 unspecified atom stereocenters. The SMILES string of the molecule is CS(=O)(=O)N1CCC(C(=O)NCc2ccccc2OC(F)(F)F)CC1. The molecule has 2 rings (SSSR count). The molecule has 1 fully saturated rings. The van der Waals surface area contributed by atoms with E-state index >= 15 is 0 Å². The number of sulfonamides is 1. The number of amides is 1. The predicted molar refractivity (Wildman–Crippen MR) is 84.1 cm³/mol. The maximum absolute atomic E-state index is 12.4. The van der Waals surface area contributed by atoms with Crippen LogP contribution in [0.1, 0.15) is 18.4 Å². The summed E-state index contributed by atoms with van der Waals surface area (Å²) in [7, 11) is -3.27. The van der Waals surface area contributed by atoms with E-state index in [4.69, 9.17) is 0 Å². The van der Waals surface area contributed by atoms with Gasteiger partial charge in [-0.25, -0.2) is 12.7 Å². The predicted octanol–water partition coefficient (Wildman–Crippen LogP) is 1.87. The van der Waals surface area contributed by atoms with E-state index in [1.165, 1.54) is 22.5 Å². The lowest BCUT2D eigenvalue weighted by Gasteiger charge is -2.29. The first-order chi connectivity index (χ1) is 11.6. The molecule has 140 valence electrons. The lowest BCUT2D eigenvalue weighted by atomic mass is 9.97. The van der Waals surface area contributed by atoms with Crippen LogP contribution in [0.15, 0.2) is 24.3 Å². The summed E-state index contributed by atoms with van der Waals surface area (Å²) in [6.07, 6.45) is -2.94. The second kappa shape index (κ2) is 7.61. The smallest absolute Gasteiger partial charge is 0.405 e. The number of carbonyl (C=O) groups excluding carboxylic acids is 1. The van der Waals surface area contributed by atoms with Gasteiger partial charge in [0.15, 0.2) is 0 Å². The van der Waals surface area contributed by atoms with Crippen LogP contribution in [0.5, 0.6) is 5.75 Å². The van der Waals surface area contributed by atoms with Crippen LogP contribution in [-0.2, 0) is 21.4 Å². The molecule has 0 spiro atoms. The van der Waals surface area contributed by atoms with E-state index in [2.05, 4.69) is 10.1 Å². The molecule has 0 radical (unpaired) electrons. The number of hydrogen-bond donors (Lipinski definition) is 1. The van der Waals surface area contributed by atoms with Gasteiger partial charge in [0, 0.05) is 31.1 Å². The molecular formula is C15H19F3N2O4S. The maximum Gasteiger partial charge on any atom is 0.573 e. The number of piperidine rings is 1. The maximum atomic E-state index is 12.4. The van der Waals surface area contributed by atoms with E-state index in [-0.39, 0.29) is 42.8 Å². The normalized spacial score (nSPS) is 17.3. The van der Waals surface area contributed by atoms with Gasteiger partial charge in [-0.3, -0.25) is 4.79 Å². The molecule has 0 aromatic heterocycles. The molecule has 1 aromatic carbocycles. The van der Waals surface area contributed by atoms with Gasteiger partial charge in [0.25, 0.3) is 0 Å². The topological polar surface area (TPSA) is 75.7 Å². The zero-order chi connectivity index (χ0) is 18.7. The molecule has 1 aliphatic rings. The molecule has 1 saturated heterocycles. The zero-order valence-corrected chi connectivity index (χ0v) is 14.4. The Morgan fingerprint density at radius 1 is 1.28 bits per heavy atom. The van der Waals surface area contributed by atoms with E-state index in [0.29, 0.717) is 12.8 Å². The van der Waals surface area contributed by atoms with Crippen molar-refractivity contribution in [3.63, 3.8) is 0 Å². The van der Waals surface area contributed by atoms with Crippen molar-refractivity contribution >= 4 is 15.9 Å². The highest BCUT2D eigenvalue weighted by Gasteiger charge is 2.32. The summed E-state index contributed by atoms with van der Waals surface area (Å²) in [5.74, 6) is -1.04. The van der Waals surface area contributed by atoms with Crippen LogP contribution in [0.3, 0.4) is 0 Å². The van der Waals surface area contributed by atoms with Gasteiger partial charge in [-0.05, 0) is 18.9 Å². The molecule has 1 heterocycles. The van der Waals surface area contributed by atoms with E-state index in [1.807, 2.05) is 0 Å². The van der Waals surface area contributed by atoms with Crippen molar-refractivity contribution in [2.75, 3.05) is 19.3 Å². The van der Waals surface area contributed by atoms with Gasteiger partial charge < -0.3 is 10.1 Å². The van der Waals surface area contributed by atoms with Crippen LogP contribution in [0.2, 0.25) is 0 Å². The summed E-state index contributed by atoms with van der Waals surface area (Å²) in [4.78, 5) is 12.2. The van der Waals surface area contributed by atoms with Gasteiger partial charge in [0.2, 0.25) is 15.9 Å². The molecule has 1 aliphatic heterocycles. The Kier molecular flexibility index (Phi) is 5.94. The molecule has 10 heteroatoms. The van der Waals surface area contributed by atoms with Crippen molar-refractivity contribution in [2.45, 2.75) is 25.7 Å². The van der Waals surface area contributed by atoms with Crippen molar-refractivity contribution in [3.05, 3.63) is 29.8 Å². The average Bonchev–Trinajstić information content (AvgIpc) is 2.51. The molecule has 1 N–H and O–H groups in total. The average molecular weight is 380 g/mol. The minimum absolute atomic E-state index is 0.0998. The molecule has 1 amide bonds. The summed E-state index contributed by atoms with van der Waals surface area (Å²) in [6.45, 7) is 0.409. The number of hydrogen-bond acceptors (Lipinski definition) is 4. The van der Waals surface area contributed by atoms with Crippen molar-refractivity contribution in [3.8, 4) is 5.75 Å². The highest BCUT2D eigenvalue weighted by atomic mass is 32.2. The molecule has 0 bridgehead atoms. The molecule has 25 heavy (non-hydrogen) atoms. The number of nitrogens with one attached hydrogen (secondary N) is 1. The number of halogens is 3. The Morgan fingerprint density at radius 3 is 2.44 bits per heavy atom. The van der Waals surface area contributed by atoms with Gasteiger partial charge in [-0.15, -0.1) is 13.2 Å². The van der Waals surface area contributed by atoms with Crippen molar-refractivity contribution < 1.29 is 31.1 Å². The van der Waals surface area contributed by atoms with Crippen LogP contribution in [0.4, 0.5) is 13.2 Å². The summed E-state index contributed by atoms with van der Waals surface area (Å²) >= 11 is 0. The summed E-state index contributed by atoms with van der Waals surface area (Å²) < 4.78 is 65.3. The fourth-order valence-corrected chi connectivity index (χ4v) is 3.52. The third-order valence-corrected chi connectivity index (χ3v) is 5.25. The molecule has 0 atom stereocenters. The number of para-hydroxylation sites is 1. The first-order valence-electron chi connectivity index (χ1n) is 7.63. The van der Waals surface area contributed by atoms with Crippen LogP contribution < -0.4 is 10.1 Å². The van der Waals surface area contributed by atoms with Crippen molar-refractivity contribution in [1.82, 2.24) is 9.62 Å². The first-order valence-corrected chi connectivity index (χ1v) is 9.47. The molecular weight excluding hydrogens is 361 g/mol. The lowest BCUT2D eigenvalue weighted by molar-refractivity contribution is -0.274. The monoisotopic (exact) mass is 380 g/mol. The summed E-state index contributed by atoms with van der Waals surface area (Å²) in [6, 6.07) is 5.58. The van der Waals surface area contributed by atoms with Crippen LogP contribution in [0.25, 0.3) is 0 Å². The number of benzene rings is 1. The molecule has 6 nitrogen and oxygen atoms in total. The zero-order valence-electron chi connectivity index (χ0n) is 13.5. The Bertz CT molecular complexity index is 714. The van der Waals surface area contributed by atoms with Crippen LogP contribution in [0, 0.1) is 5.92 Å². The Labute approximate surface area is 144 Å². The number of rotatable bonds is 5. The Morgan fingerprint density at radius 2 is 1.88 bits per heavy atom. The van der Waals surface area contributed by atoms with Gasteiger partial charge in [-0.2, -0.15) is 0 Å². The second-order valence-electron chi connectivity index (χ2n) is 5.81. The van der Waals surface area contributed by atoms with E-state index in [1.54, 1.807) is 6.07 Å². The minimum atomic E-state index is -4.81. The second-order valence-corrected chi connectivity index (χ2v) is 7.79. The number of nitrogens with zero attached hydrogens (tertiary/aromatic N) is 1. The lowest BCUT2D eigenvalue weighted by Crippen LogP contribution is -2.42. The number of ether oxygens (including phenoxy) is 1. The number of carbonyl (C=O) groups is 1. The minimum Gasteiger partial charge on any atom is -0.405 e. The van der Waals surface area contributed by atoms with Gasteiger partial charge in [0.1, 0.15) is 5.75 Å². The summed E-state index contributed by atoms with van der Waals surface area (Å²) in [5.41, 5.74) is 0.210. The van der Waals surface area contributed by atoms with Crippen molar-refractivity contribution in [2.24, 2.45) is 5.92 Å². The van der Waals surface area contributed by atoms with Gasteiger partial charge in [0.05, 0.1) is 6.26 Å². The quantitative estimate of drug-likeness (QED) is 0.846. The number of alkyl halides is 3. The standard InChI is InChI=1S/C15H19F3N2O4S/c1-25(22,23)20-8-6-11(7-9-20)14(21)19-10-12-4-2-3-5-13(12)24-15(16,17)18/h2-5,11H,6-10H2,1H3,(H,19,21). The van der Waals surface area contributed by atoms with E-state index < -0.39 is 16.4 Å². The van der Waals surface area contributed by atoms with Crippen molar-refractivity contribution in [1.29, 1.82) is 0 Å². The first kappa shape index (κ1) is 19.5. The fraction of sp³-hybridized carbons (Fsp3) is 0.533. The highest BCUT2D eigenvalue weighted by molar-refractivity contribution is 7.88. The molecule has 0 aliphatic carbocycles. The Balaban J connectivity index is 1.91. The fourth-order valence-electron chi connectivity index (χ4n) is 2.65. The Hall–Kier alpha value is -1.81. The summed E-state index contributed by atoms with van der Waals surface area (Å²) in [5, 5.41) is 2.59. The van der Waals surface area contributed by atoms with E-state index in [9.17, 15) is 26.4 Å². The van der Waals surface area contributed by atoms with E-state index in [0.717, 1.165) is 6.26 Å². The van der Waals surface area contributed by atoms with Crippen LogP contribution in [-0.4, -0.2) is 44.3 Å². The molecule has 0 saturated carbocycles. The molecule has 1 aromatic rings. The van der Waals surface area contributed by atoms with Crippen LogP contribution >= 0.6 is 0 Å². The highest BCUT2D eigenvalue weighted by Crippen LogP contribution is 2.26. The third-order valence-electron chi connectivity index (χ3n) is 3.95. The van der Waals surface area contributed by atoms with Gasteiger partial charge >= 0.3 is 6.36 Å². The van der Waals surface area contributed by atoms with Gasteiger partial charge in [-0.1, -0.05) is 18.2 Å². The largest absolute Gasteiger partial charge is 0.573 e.